The van der Waals surface area contributed by atoms with Crippen LogP contribution in [-0.4, -0.2) is 30.5 Å². The Morgan fingerprint density at radius 3 is 2.83 bits per heavy atom. The van der Waals surface area contributed by atoms with Crippen LogP contribution in [0.15, 0.2) is 30.4 Å². The van der Waals surface area contributed by atoms with Gasteiger partial charge >= 0.3 is 0 Å². The summed E-state index contributed by atoms with van der Waals surface area (Å²) in [6.07, 6.45) is 3.46. The van der Waals surface area contributed by atoms with E-state index in [1.807, 2.05) is 12.1 Å². The molecule has 4 atom stereocenters. The van der Waals surface area contributed by atoms with Gasteiger partial charge in [0.2, 0.25) is 0 Å². The Morgan fingerprint density at radius 1 is 1.33 bits per heavy atom. The molecule has 4 saturated carbocycles. The summed E-state index contributed by atoms with van der Waals surface area (Å²) in [4.78, 5) is 0. The summed E-state index contributed by atoms with van der Waals surface area (Å²) < 4.78 is 34.7. The van der Waals surface area contributed by atoms with E-state index in [1.165, 1.54) is 0 Å². The second-order valence-electron chi connectivity index (χ2n) is 7.72. The van der Waals surface area contributed by atoms with Crippen LogP contribution in [0.2, 0.25) is 0 Å². The van der Waals surface area contributed by atoms with Crippen LogP contribution in [0.5, 0.6) is 5.75 Å². The minimum Gasteiger partial charge on any atom is -0.507 e. The van der Waals surface area contributed by atoms with E-state index >= 15 is 0 Å². The molecule has 0 radical (unpaired) electrons. The first-order valence-corrected chi connectivity index (χ1v) is 8.26. The number of nitrogens with zero attached hydrogens (tertiary/aromatic N) is 1. The number of methoxy groups -OCH3 is 2. The maximum Gasteiger partial charge on any atom is 0.133 e. The van der Waals surface area contributed by atoms with Crippen LogP contribution >= 0.6 is 0 Å². The molecule has 1 aromatic rings. The quantitative estimate of drug-likeness (QED) is 0.864. The first kappa shape index (κ1) is 12.5. The Hall–Kier alpha value is -1.83. The molecule has 0 heterocycles. The Bertz CT molecular complexity index is 861. The first-order chi connectivity index (χ1) is 12.6. The molecule has 0 saturated heterocycles. The fourth-order valence-electron chi connectivity index (χ4n) is 5.70. The molecule has 4 fully saturated rings. The summed E-state index contributed by atoms with van der Waals surface area (Å²) in [6, 6.07) is 7.02. The highest BCUT2D eigenvalue weighted by atomic mass is 16.5. The van der Waals surface area contributed by atoms with Gasteiger partial charge in [-0.25, -0.2) is 0 Å². The van der Waals surface area contributed by atoms with E-state index in [4.69, 9.17) is 18.8 Å². The van der Waals surface area contributed by atoms with E-state index in [-0.39, 0.29) is 17.2 Å². The molecule has 4 heteroatoms. The molecule has 0 aliphatic heterocycles. The zero-order valence-corrected chi connectivity index (χ0v) is 13.8. The molecule has 4 aliphatic carbocycles. The lowest BCUT2D eigenvalue weighted by Crippen LogP contribution is -2.67. The van der Waals surface area contributed by atoms with Gasteiger partial charge in [0.1, 0.15) is 11.8 Å². The fourth-order valence-corrected chi connectivity index (χ4v) is 5.70. The van der Waals surface area contributed by atoms with Gasteiger partial charge in [-0.1, -0.05) is 12.6 Å². The SMILES string of the molecule is [2H]C([2H])([2H])OC12CC3CC(OC)(C1)CC(c1ccc(C#N)c(O)c1)(C3)C2=C. The van der Waals surface area contributed by atoms with Crippen LogP contribution in [-0.2, 0) is 14.9 Å². The lowest BCUT2D eigenvalue weighted by atomic mass is 9.43. The Kier molecular flexibility index (Phi) is 2.53. The maximum atomic E-state index is 10.2. The van der Waals surface area contributed by atoms with E-state index in [9.17, 15) is 5.11 Å². The third kappa shape index (κ3) is 1.80. The van der Waals surface area contributed by atoms with Crippen LogP contribution in [0.1, 0.15) is 47.3 Å². The average Bonchev–Trinajstić information content (AvgIpc) is 2.57. The van der Waals surface area contributed by atoms with Crippen molar-refractivity contribution in [1.82, 2.24) is 0 Å². The van der Waals surface area contributed by atoms with E-state index in [1.54, 1.807) is 19.2 Å². The summed E-state index contributed by atoms with van der Waals surface area (Å²) >= 11 is 0. The van der Waals surface area contributed by atoms with Gasteiger partial charge in [-0.05, 0) is 54.9 Å². The summed E-state index contributed by atoms with van der Waals surface area (Å²) in [7, 11) is -0.861. The summed E-state index contributed by atoms with van der Waals surface area (Å²) in [5, 5.41) is 19.4. The molecule has 4 nitrogen and oxygen atoms in total. The number of ether oxygens (including phenoxy) is 2. The number of hydrogen-bond acceptors (Lipinski definition) is 4. The van der Waals surface area contributed by atoms with Crippen LogP contribution in [0, 0.1) is 17.2 Å². The van der Waals surface area contributed by atoms with Gasteiger partial charge in [-0.15, -0.1) is 0 Å². The van der Waals surface area contributed by atoms with Crippen molar-refractivity contribution in [3.8, 4) is 11.8 Å². The van der Waals surface area contributed by atoms with Crippen molar-refractivity contribution in [1.29, 1.82) is 5.26 Å². The predicted octanol–water partition coefficient (Wildman–Crippen LogP) is 3.44. The van der Waals surface area contributed by atoms with Crippen molar-refractivity contribution in [3.05, 3.63) is 41.5 Å². The zero-order valence-electron chi connectivity index (χ0n) is 16.8. The zero-order chi connectivity index (χ0) is 19.7. The highest BCUT2D eigenvalue weighted by Crippen LogP contribution is 2.67. The lowest BCUT2D eigenvalue weighted by molar-refractivity contribution is -0.197. The van der Waals surface area contributed by atoms with Gasteiger partial charge in [-0.2, -0.15) is 5.26 Å². The molecule has 5 rings (SSSR count). The topological polar surface area (TPSA) is 62.5 Å². The van der Waals surface area contributed by atoms with E-state index in [0.717, 1.165) is 24.0 Å². The summed E-state index contributed by atoms with van der Waals surface area (Å²) in [5.74, 6) is 0.175. The van der Waals surface area contributed by atoms with Gasteiger partial charge in [0.15, 0.2) is 0 Å². The average molecular weight is 328 g/mol. The van der Waals surface area contributed by atoms with Crippen LogP contribution in [0.3, 0.4) is 0 Å². The molecular weight excluding hydrogens is 302 g/mol. The van der Waals surface area contributed by atoms with Gasteiger partial charge in [-0.3, -0.25) is 0 Å². The van der Waals surface area contributed by atoms with Crippen molar-refractivity contribution < 1.29 is 18.7 Å². The smallest absolute Gasteiger partial charge is 0.133 e. The first-order valence-electron chi connectivity index (χ1n) is 9.76. The van der Waals surface area contributed by atoms with Crippen molar-refractivity contribution >= 4 is 0 Å². The molecule has 0 amide bonds. The predicted molar refractivity (Wildman–Crippen MR) is 89.7 cm³/mol. The minimum atomic E-state index is -2.53. The largest absolute Gasteiger partial charge is 0.507 e. The molecule has 126 valence electrons. The van der Waals surface area contributed by atoms with Crippen molar-refractivity contribution in [2.75, 3.05) is 14.1 Å². The van der Waals surface area contributed by atoms with E-state index in [2.05, 4.69) is 6.58 Å². The monoisotopic (exact) mass is 328 g/mol. The highest BCUT2D eigenvalue weighted by Gasteiger charge is 2.66. The second-order valence-corrected chi connectivity index (χ2v) is 7.72. The normalized spacial score (nSPS) is 42.2. The second kappa shape index (κ2) is 4.84. The standard InChI is InChI=1S/C20H23NO3/c1-13-19(16-5-4-15(10-21)17(22)6-16)8-14-7-18(11-19,23-2)12-20(13,9-14)24-3/h4-6,14,22H,1,7-9,11-12H2,2-3H3/i3D3. The molecular formula is C20H23NO3. The van der Waals surface area contributed by atoms with E-state index in [0.29, 0.717) is 19.3 Å². The number of nitriles is 1. The molecule has 0 spiro atoms. The number of aromatic hydroxyl groups is 1. The number of phenolic OH excluding ortho intramolecular Hbond substituents is 1. The molecule has 4 aliphatic rings. The molecule has 4 unspecified atom stereocenters. The Labute approximate surface area is 146 Å². The summed E-state index contributed by atoms with van der Waals surface area (Å²) in [5.41, 5.74) is -0.177. The van der Waals surface area contributed by atoms with E-state index < -0.39 is 23.7 Å². The van der Waals surface area contributed by atoms with Crippen molar-refractivity contribution in [2.45, 2.75) is 48.7 Å². The van der Waals surface area contributed by atoms with Crippen LogP contribution in [0.4, 0.5) is 0 Å². The number of rotatable bonds is 3. The maximum absolute atomic E-state index is 10.2. The Morgan fingerprint density at radius 2 is 2.17 bits per heavy atom. The Balaban J connectivity index is 1.87. The summed E-state index contributed by atoms with van der Waals surface area (Å²) in [6.45, 7) is 4.32. The van der Waals surface area contributed by atoms with Crippen molar-refractivity contribution in [2.24, 2.45) is 5.92 Å². The van der Waals surface area contributed by atoms with Crippen molar-refractivity contribution in [3.63, 3.8) is 0 Å². The lowest BCUT2D eigenvalue weighted by Gasteiger charge is -2.66. The third-order valence-corrected chi connectivity index (χ3v) is 6.57. The van der Waals surface area contributed by atoms with Gasteiger partial charge < -0.3 is 14.6 Å². The molecule has 1 N–H and O–H groups in total. The minimum absolute atomic E-state index is 0.0733. The highest BCUT2D eigenvalue weighted by molar-refractivity contribution is 5.52. The molecule has 4 bridgehead atoms. The molecule has 1 aromatic carbocycles. The number of phenols is 1. The third-order valence-electron chi connectivity index (χ3n) is 6.57. The molecule has 0 aromatic heterocycles. The number of benzene rings is 1. The van der Waals surface area contributed by atoms with Crippen LogP contribution in [0.25, 0.3) is 0 Å². The van der Waals surface area contributed by atoms with Crippen LogP contribution < -0.4 is 0 Å². The fraction of sp³-hybridized carbons (Fsp3) is 0.550. The van der Waals surface area contributed by atoms with Gasteiger partial charge in [0.25, 0.3) is 0 Å². The molecule has 24 heavy (non-hydrogen) atoms. The van der Waals surface area contributed by atoms with Gasteiger partial charge in [0, 0.05) is 26.0 Å². The van der Waals surface area contributed by atoms with Gasteiger partial charge in [0.05, 0.1) is 20.9 Å². The number of hydrogen-bond donors (Lipinski definition) is 1.